The van der Waals surface area contributed by atoms with E-state index < -0.39 is 0 Å². The van der Waals surface area contributed by atoms with E-state index in [1.807, 2.05) is 18.5 Å². The smallest absolute Gasteiger partial charge is 0.0641 e. The second-order valence-corrected chi connectivity index (χ2v) is 16.8. The molecule has 1 aliphatic rings. The van der Waals surface area contributed by atoms with Crippen molar-refractivity contribution in [3.63, 3.8) is 0 Å². The number of benzene rings is 8. The number of nitrogens with zero attached hydrogens (tertiary/aromatic N) is 4. The molecule has 0 fully saturated rings. The highest BCUT2D eigenvalue weighted by Gasteiger charge is 2.31. The summed E-state index contributed by atoms with van der Waals surface area (Å²) in [5.74, 6) is 0. The second kappa shape index (κ2) is 19.5. The number of allylic oxidation sites excluding steroid dienone is 1. The lowest BCUT2D eigenvalue weighted by molar-refractivity contribution is 1.10. The zero-order valence-corrected chi connectivity index (χ0v) is 39.3. The molecule has 0 N–H and O–H groups in total. The number of hydrogen-bond acceptors (Lipinski definition) is 2. The Balaban J connectivity index is 0.00000138. The molecule has 4 heteroatoms. The lowest BCUT2D eigenvalue weighted by Crippen LogP contribution is -2.11. The standard InChI is InChI=1S/C62H44N4.2C2H4/c1-3-19-56-51(4-2)52-28-11-14-31-57(52)65(56)50-27-18-22-44(38-50)47-37-46(40-63-41-47)43-21-17-20-42(36-43)45-34-35-54-60(39-45)66(49-25-9-6-10-26-49)62-55-30-13-16-33-59(55)64(48-23-7-5-8-24-48)58-32-15-12-29-53(58)61(54)62;2*1-2/h3-41H,2H2,1H3;2*1-2H2/b19-3-;;. The highest BCUT2D eigenvalue weighted by atomic mass is 15.2. The number of aromatic nitrogens is 3. The van der Waals surface area contributed by atoms with Crippen LogP contribution in [0.5, 0.6) is 0 Å². The first kappa shape index (κ1) is 44.6. The highest BCUT2D eigenvalue weighted by Crippen LogP contribution is 2.54. The molecule has 1 aliphatic heterocycles. The summed E-state index contributed by atoms with van der Waals surface area (Å²) in [5, 5.41) is 2.39. The molecule has 0 spiro atoms. The molecular formula is C66H52N4. The van der Waals surface area contributed by atoms with E-state index in [0.29, 0.717) is 0 Å². The van der Waals surface area contributed by atoms with Crippen LogP contribution in [0.25, 0.3) is 101 Å². The predicted molar refractivity (Wildman–Crippen MR) is 301 cm³/mol. The summed E-state index contributed by atoms with van der Waals surface area (Å²) < 4.78 is 4.80. The van der Waals surface area contributed by atoms with E-state index in [9.17, 15) is 0 Å². The summed E-state index contributed by atoms with van der Waals surface area (Å²) in [6.45, 7) is 18.2. The Morgan fingerprint density at radius 2 is 0.971 bits per heavy atom. The van der Waals surface area contributed by atoms with Gasteiger partial charge in [0, 0.05) is 73.6 Å². The number of anilines is 3. The molecule has 4 nitrogen and oxygen atoms in total. The first-order valence-corrected chi connectivity index (χ1v) is 23.5. The van der Waals surface area contributed by atoms with Gasteiger partial charge in [0.25, 0.3) is 0 Å². The number of fused-ring (bicyclic) bond motifs is 8. The molecule has 8 aromatic carbocycles. The van der Waals surface area contributed by atoms with Crippen LogP contribution in [-0.4, -0.2) is 14.1 Å². The van der Waals surface area contributed by atoms with E-state index in [4.69, 9.17) is 4.98 Å². The zero-order valence-electron chi connectivity index (χ0n) is 39.3. The quantitative estimate of drug-likeness (QED) is 0.142. The molecule has 3 aromatic heterocycles. The van der Waals surface area contributed by atoms with Crippen molar-refractivity contribution in [1.29, 1.82) is 0 Å². The molecule has 4 heterocycles. The minimum Gasteiger partial charge on any atom is -0.309 e. The summed E-state index contributed by atoms with van der Waals surface area (Å²) in [6.07, 6.45) is 10.2. The topological polar surface area (TPSA) is 26.0 Å². The van der Waals surface area contributed by atoms with E-state index in [0.717, 1.165) is 84.1 Å². The van der Waals surface area contributed by atoms with Crippen molar-refractivity contribution in [3.05, 3.63) is 269 Å². The van der Waals surface area contributed by atoms with Gasteiger partial charge in [0.1, 0.15) is 0 Å². The molecule has 0 aliphatic carbocycles. The van der Waals surface area contributed by atoms with Crippen LogP contribution >= 0.6 is 0 Å². The van der Waals surface area contributed by atoms with Crippen molar-refractivity contribution in [2.45, 2.75) is 6.92 Å². The molecule has 0 radical (unpaired) electrons. The minimum absolute atomic E-state index is 1.06. The van der Waals surface area contributed by atoms with Gasteiger partial charge in [0.15, 0.2) is 0 Å². The lowest BCUT2D eigenvalue weighted by atomic mass is 9.95. The van der Waals surface area contributed by atoms with Crippen molar-refractivity contribution in [3.8, 4) is 67.1 Å². The van der Waals surface area contributed by atoms with Gasteiger partial charge in [-0.3, -0.25) is 4.98 Å². The van der Waals surface area contributed by atoms with Gasteiger partial charge in [-0.2, -0.15) is 0 Å². The van der Waals surface area contributed by atoms with Crippen molar-refractivity contribution >= 4 is 51.0 Å². The van der Waals surface area contributed by atoms with Crippen molar-refractivity contribution in [2.75, 3.05) is 4.90 Å². The van der Waals surface area contributed by atoms with Gasteiger partial charge in [0.2, 0.25) is 0 Å². The third-order valence-electron chi connectivity index (χ3n) is 13.0. The maximum absolute atomic E-state index is 4.81. The van der Waals surface area contributed by atoms with Crippen LogP contribution < -0.4 is 4.90 Å². The zero-order chi connectivity index (χ0) is 48.1. The predicted octanol–water partition coefficient (Wildman–Crippen LogP) is 18.4. The number of hydrogen-bond donors (Lipinski definition) is 0. The van der Waals surface area contributed by atoms with Crippen molar-refractivity contribution < 1.29 is 0 Å². The number of para-hydroxylation sites is 5. The number of rotatable bonds is 8. The SMILES string of the molecule is C=C.C=C.C=Cc1c(/C=C\C)n(-c2cccc(-c3cncc(-c4cccc(-c5ccc6c7c(n(-c8ccccc8)c6c5)-c5ccccc5N(c5ccccc5)c5ccccc5-7)c4)c3)c2)c2ccccc12. The molecule has 0 atom stereocenters. The normalized spacial score (nSPS) is 11.4. The molecular weight excluding hydrogens is 849 g/mol. The van der Waals surface area contributed by atoms with Crippen LogP contribution in [0.3, 0.4) is 0 Å². The van der Waals surface area contributed by atoms with E-state index >= 15 is 0 Å². The van der Waals surface area contributed by atoms with Crippen molar-refractivity contribution in [2.24, 2.45) is 0 Å². The first-order valence-electron chi connectivity index (χ1n) is 23.5. The van der Waals surface area contributed by atoms with Crippen LogP contribution in [0.2, 0.25) is 0 Å². The Morgan fingerprint density at radius 3 is 1.67 bits per heavy atom. The molecule has 12 rings (SSSR count). The molecule has 0 amide bonds. The molecule has 11 aromatic rings. The summed E-state index contributed by atoms with van der Waals surface area (Å²) in [5.41, 5.74) is 21.6. The summed E-state index contributed by atoms with van der Waals surface area (Å²) in [7, 11) is 0. The third-order valence-corrected chi connectivity index (χ3v) is 13.0. The van der Waals surface area contributed by atoms with Crippen LogP contribution in [-0.2, 0) is 0 Å². The Bertz CT molecular complexity index is 3720. The van der Waals surface area contributed by atoms with Gasteiger partial charge in [0.05, 0.1) is 33.8 Å². The van der Waals surface area contributed by atoms with Gasteiger partial charge in [-0.15, -0.1) is 26.3 Å². The van der Waals surface area contributed by atoms with E-state index in [1.165, 1.54) is 33.2 Å². The molecule has 0 bridgehead atoms. The lowest BCUT2D eigenvalue weighted by Gasteiger charge is -2.27. The Kier molecular flexibility index (Phi) is 12.4. The van der Waals surface area contributed by atoms with Gasteiger partial charge in [-0.25, -0.2) is 0 Å². The fourth-order valence-corrected chi connectivity index (χ4v) is 10.1. The second-order valence-electron chi connectivity index (χ2n) is 16.8. The Labute approximate surface area is 411 Å². The van der Waals surface area contributed by atoms with Crippen LogP contribution in [0.1, 0.15) is 18.2 Å². The van der Waals surface area contributed by atoms with E-state index in [2.05, 4.69) is 272 Å². The molecule has 0 unspecified atom stereocenters. The largest absolute Gasteiger partial charge is 0.309 e. The third kappa shape index (κ3) is 7.68. The average Bonchev–Trinajstić information content (AvgIpc) is 3.91. The minimum atomic E-state index is 1.06. The average molecular weight is 901 g/mol. The fraction of sp³-hybridized carbons (Fsp3) is 0.0152. The molecule has 0 saturated carbocycles. The highest BCUT2D eigenvalue weighted by molar-refractivity contribution is 6.13. The fourth-order valence-electron chi connectivity index (χ4n) is 10.1. The number of pyridine rings is 1. The van der Waals surface area contributed by atoms with Gasteiger partial charge in [-0.1, -0.05) is 152 Å². The first-order chi connectivity index (χ1) is 34.7. The van der Waals surface area contributed by atoms with Gasteiger partial charge >= 0.3 is 0 Å². The molecule has 70 heavy (non-hydrogen) atoms. The summed E-state index contributed by atoms with van der Waals surface area (Å²) >= 11 is 0. The van der Waals surface area contributed by atoms with Crippen LogP contribution in [0.4, 0.5) is 17.1 Å². The Hall–Kier alpha value is -9.25. The molecule has 336 valence electrons. The summed E-state index contributed by atoms with van der Waals surface area (Å²) in [4.78, 5) is 7.22. The van der Waals surface area contributed by atoms with Crippen molar-refractivity contribution in [1.82, 2.24) is 14.1 Å². The van der Waals surface area contributed by atoms with Gasteiger partial charge in [-0.05, 0) is 108 Å². The maximum atomic E-state index is 4.81. The van der Waals surface area contributed by atoms with E-state index in [-0.39, 0.29) is 0 Å². The van der Waals surface area contributed by atoms with E-state index in [1.54, 1.807) is 0 Å². The summed E-state index contributed by atoms with van der Waals surface area (Å²) in [6, 6.07) is 74.6. The molecule has 0 saturated heterocycles. The Morgan fingerprint density at radius 1 is 0.429 bits per heavy atom. The maximum Gasteiger partial charge on any atom is 0.0641 e. The monoisotopic (exact) mass is 900 g/mol. The van der Waals surface area contributed by atoms with Crippen LogP contribution in [0.15, 0.2) is 258 Å². The van der Waals surface area contributed by atoms with Crippen LogP contribution in [0, 0.1) is 0 Å². The van der Waals surface area contributed by atoms with Gasteiger partial charge < -0.3 is 14.0 Å².